The van der Waals surface area contributed by atoms with Crippen LogP contribution in [0, 0.1) is 13.8 Å². The molecule has 0 aliphatic carbocycles. The minimum absolute atomic E-state index is 0.782. The Kier molecular flexibility index (Phi) is 3.36. The molecule has 4 heteroatoms. The first-order valence-corrected chi connectivity index (χ1v) is 9.84. The van der Waals surface area contributed by atoms with Gasteiger partial charge in [0.1, 0.15) is 11.2 Å². The predicted molar refractivity (Wildman–Crippen MR) is 111 cm³/mol. The topological polar surface area (TPSA) is 52.3 Å². The van der Waals surface area contributed by atoms with E-state index < -0.39 is 8.16 Å². The molecule has 1 atom stereocenters. The fourth-order valence-corrected chi connectivity index (χ4v) is 4.66. The minimum atomic E-state index is -1.53. The van der Waals surface area contributed by atoms with Gasteiger partial charge >= 0.3 is 8.16 Å². The highest BCUT2D eigenvalue weighted by molar-refractivity contribution is 7.36. The summed E-state index contributed by atoms with van der Waals surface area (Å²) < 4.78 is 12.1. The van der Waals surface area contributed by atoms with Crippen molar-refractivity contribution in [1.29, 1.82) is 0 Å². The van der Waals surface area contributed by atoms with Gasteiger partial charge in [0, 0.05) is 10.8 Å². The van der Waals surface area contributed by atoms with Crippen LogP contribution in [-0.2, 0) is 0 Å². The molecule has 3 nitrogen and oxygen atoms in total. The number of hydrogen-bond acceptors (Lipinski definition) is 3. The van der Waals surface area contributed by atoms with E-state index >= 15 is 0 Å². The zero-order valence-corrected chi connectivity index (χ0v) is 15.5. The Morgan fingerprint density at radius 3 is 2.19 bits per heavy atom. The van der Waals surface area contributed by atoms with Crippen molar-refractivity contribution >= 4 is 51.6 Å². The summed E-state index contributed by atoms with van der Waals surface area (Å²) in [4.78, 5) is 0. The predicted octanol–water partition coefficient (Wildman–Crippen LogP) is 6.93. The summed E-state index contributed by atoms with van der Waals surface area (Å²) in [5.41, 5.74) is 10.1. The summed E-state index contributed by atoms with van der Waals surface area (Å²) in [5, 5.41) is 6.85. The standard InChI is InChI=1S/C22H18NO2P/c1-13-14(2)22-21(18-10-6-5-8-16(13)18)20-17-9-4-3-7-15(17)11-12-19(20)24-26(23)25-22/h3-12H,23H2,1-2H3. The molecule has 128 valence electrons. The molecule has 0 aliphatic heterocycles. The van der Waals surface area contributed by atoms with Gasteiger partial charge in [-0.1, -0.05) is 54.6 Å². The molecule has 4 aromatic carbocycles. The molecule has 1 aromatic heterocycles. The maximum atomic E-state index is 6.19. The lowest BCUT2D eigenvalue weighted by atomic mass is 9.93. The van der Waals surface area contributed by atoms with Gasteiger partial charge < -0.3 is 8.39 Å². The van der Waals surface area contributed by atoms with Crippen molar-refractivity contribution in [2.45, 2.75) is 13.8 Å². The number of benzene rings is 4. The van der Waals surface area contributed by atoms with Crippen LogP contribution in [0.1, 0.15) is 11.1 Å². The van der Waals surface area contributed by atoms with Crippen molar-refractivity contribution < 1.29 is 8.39 Å². The third-order valence-corrected chi connectivity index (χ3v) is 5.98. The van der Waals surface area contributed by atoms with E-state index in [1.807, 2.05) is 6.07 Å². The highest BCUT2D eigenvalue weighted by atomic mass is 31.1. The molecule has 0 bridgehead atoms. The maximum absolute atomic E-state index is 6.19. The van der Waals surface area contributed by atoms with Crippen LogP contribution in [0.15, 0.2) is 69.1 Å². The normalized spacial score (nSPS) is 12.3. The zero-order chi connectivity index (χ0) is 17.8. The van der Waals surface area contributed by atoms with Crippen LogP contribution in [0.25, 0.3) is 43.5 Å². The molecule has 0 saturated carbocycles. The van der Waals surface area contributed by atoms with Gasteiger partial charge in [0.2, 0.25) is 0 Å². The third kappa shape index (κ3) is 2.11. The highest BCUT2D eigenvalue weighted by Crippen LogP contribution is 2.41. The molecule has 1 unspecified atom stereocenters. The first-order chi connectivity index (χ1) is 12.6. The molecule has 0 saturated heterocycles. The van der Waals surface area contributed by atoms with E-state index in [9.17, 15) is 0 Å². The second-order valence-corrected chi connectivity index (χ2v) is 7.56. The van der Waals surface area contributed by atoms with Crippen molar-refractivity contribution in [1.82, 2.24) is 0 Å². The number of fused-ring (bicyclic) bond motifs is 7. The van der Waals surface area contributed by atoms with E-state index in [1.54, 1.807) is 0 Å². The summed E-state index contributed by atoms with van der Waals surface area (Å²) in [6.45, 7) is 4.23. The largest absolute Gasteiger partial charge is 0.408 e. The molecule has 0 amide bonds. The Balaban J connectivity index is 2.27. The van der Waals surface area contributed by atoms with Crippen molar-refractivity contribution in [3.8, 4) is 0 Å². The fraction of sp³-hybridized carbons (Fsp3) is 0.0909. The number of nitrogen functional groups attached to an aromatic ring is 1. The van der Waals surface area contributed by atoms with Crippen molar-refractivity contribution in [3.63, 3.8) is 0 Å². The average Bonchev–Trinajstić information content (AvgIpc) is 2.82. The van der Waals surface area contributed by atoms with E-state index in [1.165, 1.54) is 16.3 Å². The Hall–Kier alpha value is -2.74. The number of nitrogens with two attached hydrogens (primary N) is 1. The molecule has 26 heavy (non-hydrogen) atoms. The van der Waals surface area contributed by atoms with Crippen LogP contribution >= 0.6 is 8.16 Å². The van der Waals surface area contributed by atoms with E-state index in [0.717, 1.165) is 38.3 Å². The Labute approximate surface area is 151 Å². The molecule has 0 aliphatic rings. The fourth-order valence-electron chi connectivity index (χ4n) is 3.86. The average molecular weight is 359 g/mol. The van der Waals surface area contributed by atoms with E-state index in [2.05, 4.69) is 68.4 Å². The van der Waals surface area contributed by atoms with Crippen LogP contribution in [-0.4, -0.2) is 0 Å². The zero-order valence-electron chi connectivity index (χ0n) is 14.6. The summed E-state index contributed by atoms with van der Waals surface area (Å²) >= 11 is 0. The Bertz CT molecular complexity index is 1370. The van der Waals surface area contributed by atoms with Gasteiger partial charge in [0.05, 0.1) is 0 Å². The quantitative estimate of drug-likeness (QED) is 0.326. The van der Waals surface area contributed by atoms with Crippen molar-refractivity contribution in [2.75, 3.05) is 5.50 Å². The van der Waals surface area contributed by atoms with Crippen molar-refractivity contribution in [2.24, 2.45) is 0 Å². The lowest BCUT2D eigenvalue weighted by Crippen LogP contribution is -1.88. The van der Waals surface area contributed by atoms with Gasteiger partial charge in [-0.15, -0.1) is 0 Å². The molecule has 0 radical (unpaired) electrons. The van der Waals surface area contributed by atoms with Gasteiger partial charge in [-0.25, -0.2) is 5.50 Å². The minimum Gasteiger partial charge on any atom is -0.408 e. The second-order valence-electron chi connectivity index (χ2n) is 6.63. The van der Waals surface area contributed by atoms with Gasteiger partial charge in [-0.3, -0.25) is 0 Å². The molecule has 1 heterocycles. The van der Waals surface area contributed by atoms with Crippen LogP contribution in [0.4, 0.5) is 0 Å². The van der Waals surface area contributed by atoms with E-state index in [4.69, 9.17) is 13.9 Å². The number of rotatable bonds is 0. The summed E-state index contributed by atoms with van der Waals surface area (Å²) in [6, 6.07) is 20.9. The number of aryl methyl sites for hydroxylation is 2. The molecule has 0 spiro atoms. The number of hydrogen-bond donors (Lipinski definition) is 1. The lowest BCUT2D eigenvalue weighted by Gasteiger charge is -2.10. The molecule has 2 N–H and O–H groups in total. The highest BCUT2D eigenvalue weighted by Gasteiger charge is 2.15. The summed E-state index contributed by atoms with van der Waals surface area (Å²) in [7, 11) is -1.53. The molecular weight excluding hydrogens is 341 g/mol. The first kappa shape index (κ1) is 15.5. The summed E-state index contributed by atoms with van der Waals surface area (Å²) in [6.07, 6.45) is 0. The molecular formula is C22H18NO2P. The first-order valence-electron chi connectivity index (χ1n) is 8.60. The molecule has 0 fully saturated rings. The van der Waals surface area contributed by atoms with Gasteiger partial charge in [0.15, 0.2) is 0 Å². The van der Waals surface area contributed by atoms with Crippen LogP contribution < -0.4 is 5.50 Å². The second kappa shape index (κ2) is 5.63. The third-order valence-electron chi connectivity index (χ3n) is 5.24. The molecule has 5 aromatic rings. The smallest absolute Gasteiger partial charge is 0.303 e. The van der Waals surface area contributed by atoms with E-state index in [-0.39, 0.29) is 0 Å². The van der Waals surface area contributed by atoms with Crippen LogP contribution in [0.3, 0.4) is 0 Å². The van der Waals surface area contributed by atoms with Crippen LogP contribution in [0.5, 0.6) is 0 Å². The van der Waals surface area contributed by atoms with Gasteiger partial charge in [0.25, 0.3) is 0 Å². The molecule has 5 rings (SSSR count). The van der Waals surface area contributed by atoms with Gasteiger partial charge in [-0.05, 0) is 52.6 Å². The maximum Gasteiger partial charge on any atom is 0.303 e. The van der Waals surface area contributed by atoms with Gasteiger partial charge in [-0.2, -0.15) is 0 Å². The Morgan fingerprint density at radius 2 is 1.38 bits per heavy atom. The monoisotopic (exact) mass is 359 g/mol. The van der Waals surface area contributed by atoms with E-state index in [0.29, 0.717) is 0 Å². The van der Waals surface area contributed by atoms with Crippen molar-refractivity contribution in [3.05, 3.63) is 71.8 Å². The SMILES string of the molecule is Cc1c(C)c2op(N)oc3ccc4ccccc4c3c2c2ccccc12. The lowest BCUT2D eigenvalue weighted by molar-refractivity contribution is 0.646. The summed E-state index contributed by atoms with van der Waals surface area (Å²) in [5.74, 6) is 0. The van der Waals surface area contributed by atoms with Crippen LogP contribution in [0.2, 0.25) is 0 Å². The Morgan fingerprint density at radius 1 is 0.692 bits per heavy atom.